The third kappa shape index (κ3) is 1.64. The highest BCUT2D eigenvalue weighted by molar-refractivity contribution is 14.1. The van der Waals surface area contributed by atoms with Crippen LogP contribution in [-0.4, -0.2) is 15.0 Å². The maximum absolute atomic E-state index is 3.87. The summed E-state index contributed by atoms with van der Waals surface area (Å²) in [6, 6.07) is 0.418. The van der Waals surface area contributed by atoms with Crippen LogP contribution in [0.25, 0.3) is 0 Å². The minimum Gasteiger partial charge on any atom is -0.249 e. The van der Waals surface area contributed by atoms with E-state index in [1.807, 2.05) is 10.9 Å². The molecule has 1 heterocycles. The number of halogens is 1. The van der Waals surface area contributed by atoms with Crippen molar-refractivity contribution in [3.05, 3.63) is 9.90 Å². The fraction of sp³-hybridized carbons (Fsp3) is 0.600. The second-order valence-electron chi connectivity index (χ2n) is 2.12. The van der Waals surface area contributed by atoms with Crippen molar-refractivity contribution in [1.29, 1.82) is 0 Å². The molecule has 1 aromatic heterocycles. The molecule has 50 valence electrons. The average molecular weight is 237 g/mol. The molecule has 0 aliphatic rings. The Balaban J connectivity index is 2.85. The Labute approximate surface area is 67.6 Å². The lowest BCUT2D eigenvalue weighted by Crippen LogP contribution is -2.00. The molecular weight excluding hydrogens is 229 g/mol. The molecule has 4 heteroatoms. The van der Waals surface area contributed by atoms with E-state index in [2.05, 4.69) is 46.8 Å². The van der Waals surface area contributed by atoms with Crippen LogP contribution in [-0.2, 0) is 0 Å². The van der Waals surface area contributed by atoms with E-state index in [-0.39, 0.29) is 0 Å². The molecule has 1 rings (SSSR count). The first kappa shape index (κ1) is 6.98. The summed E-state index contributed by atoms with van der Waals surface area (Å²) in [6.45, 7) is 4.15. The van der Waals surface area contributed by atoms with Gasteiger partial charge in [0.05, 0.1) is 6.20 Å². The minimum absolute atomic E-state index is 0.418. The molecule has 0 aliphatic heterocycles. The summed E-state index contributed by atoms with van der Waals surface area (Å²) < 4.78 is 2.78. The molecule has 0 N–H and O–H groups in total. The first-order valence-corrected chi connectivity index (χ1v) is 3.85. The monoisotopic (exact) mass is 237 g/mol. The van der Waals surface area contributed by atoms with Crippen LogP contribution in [0.4, 0.5) is 0 Å². The lowest BCUT2D eigenvalue weighted by molar-refractivity contribution is 0.514. The zero-order valence-corrected chi connectivity index (χ0v) is 7.53. The van der Waals surface area contributed by atoms with Crippen molar-refractivity contribution in [3.8, 4) is 0 Å². The molecule has 1 aromatic rings. The van der Waals surface area contributed by atoms with Gasteiger partial charge >= 0.3 is 0 Å². The van der Waals surface area contributed by atoms with Crippen LogP contribution in [0.5, 0.6) is 0 Å². The zero-order chi connectivity index (χ0) is 6.85. The van der Waals surface area contributed by atoms with Crippen LogP contribution < -0.4 is 0 Å². The van der Waals surface area contributed by atoms with E-state index in [0.29, 0.717) is 6.04 Å². The lowest BCUT2D eigenvalue weighted by Gasteiger charge is -2.00. The van der Waals surface area contributed by atoms with Gasteiger partial charge in [-0.05, 0) is 36.4 Å². The molecule has 0 aromatic carbocycles. The zero-order valence-electron chi connectivity index (χ0n) is 5.37. The number of rotatable bonds is 1. The molecule has 0 amide bonds. The van der Waals surface area contributed by atoms with E-state index >= 15 is 0 Å². The fourth-order valence-electron chi connectivity index (χ4n) is 0.508. The third-order valence-electron chi connectivity index (χ3n) is 1.01. The SMILES string of the molecule is CC(C)n1cc(I)nn1. The lowest BCUT2D eigenvalue weighted by atomic mass is 10.4. The summed E-state index contributed by atoms with van der Waals surface area (Å²) in [6.07, 6.45) is 1.92. The Kier molecular flexibility index (Phi) is 2.05. The fourth-order valence-corrected chi connectivity index (χ4v) is 0.889. The molecule has 0 spiro atoms. The smallest absolute Gasteiger partial charge is 0.143 e. The van der Waals surface area contributed by atoms with Crippen LogP contribution in [0.1, 0.15) is 19.9 Å². The van der Waals surface area contributed by atoms with E-state index < -0.39 is 0 Å². The van der Waals surface area contributed by atoms with Crippen molar-refractivity contribution in [2.45, 2.75) is 19.9 Å². The Bertz CT molecular complexity index is 194. The van der Waals surface area contributed by atoms with Gasteiger partial charge in [-0.25, -0.2) is 4.68 Å². The molecule has 0 aliphatic carbocycles. The van der Waals surface area contributed by atoms with Crippen molar-refractivity contribution >= 4 is 22.6 Å². The van der Waals surface area contributed by atoms with Gasteiger partial charge in [0.2, 0.25) is 0 Å². The highest BCUT2D eigenvalue weighted by Crippen LogP contribution is 2.03. The predicted molar refractivity (Wildman–Crippen MR) is 43.1 cm³/mol. The Morgan fingerprint density at radius 1 is 1.67 bits per heavy atom. The summed E-state index contributed by atoms with van der Waals surface area (Å²) in [7, 11) is 0. The maximum atomic E-state index is 3.87. The van der Waals surface area contributed by atoms with Gasteiger partial charge in [-0.1, -0.05) is 5.21 Å². The topological polar surface area (TPSA) is 30.7 Å². The number of hydrogen-bond acceptors (Lipinski definition) is 2. The van der Waals surface area contributed by atoms with Crippen LogP contribution in [0.2, 0.25) is 0 Å². The van der Waals surface area contributed by atoms with E-state index in [4.69, 9.17) is 0 Å². The molecular formula is C5H8IN3. The molecule has 0 saturated carbocycles. The quantitative estimate of drug-likeness (QED) is 0.692. The first-order valence-electron chi connectivity index (χ1n) is 2.77. The summed E-state index contributed by atoms with van der Waals surface area (Å²) in [4.78, 5) is 0. The normalized spacial score (nSPS) is 10.7. The van der Waals surface area contributed by atoms with Crippen molar-refractivity contribution in [1.82, 2.24) is 15.0 Å². The molecule has 0 radical (unpaired) electrons. The first-order chi connectivity index (χ1) is 4.20. The second kappa shape index (κ2) is 2.64. The van der Waals surface area contributed by atoms with Crippen LogP contribution >= 0.6 is 22.6 Å². The van der Waals surface area contributed by atoms with Crippen LogP contribution in [0.15, 0.2) is 6.20 Å². The number of aromatic nitrogens is 3. The van der Waals surface area contributed by atoms with Crippen molar-refractivity contribution < 1.29 is 0 Å². The predicted octanol–water partition coefficient (Wildman–Crippen LogP) is 1.46. The Hall–Kier alpha value is -0.130. The number of nitrogens with zero attached hydrogens (tertiary/aromatic N) is 3. The van der Waals surface area contributed by atoms with E-state index in [1.54, 1.807) is 0 Å². The molecule has 0 saturated heterocycles. The van der Waals surface area contributed by atoms with Crippen LogP contribution in [0.3, 0.4) is 0 Å². The highest BCUT2D eigenvalue weighted by atomic mass is 127. The summed E-state index contributed by atoms with van der Waals surface area (Å²) >= 11 is 2.14. The molecule has 0 unspecified atom stereocenters. The van der Waals surface area contributed by atoms with Gasteiger partial charge in [-0.15, -0.1) is 5.10 Å². The van der Waals surface area contributed by atoms with Crippen LogP contribution in [0, 0.1) is 3.70 Å². The second-order valence-corrected chi connectivity index (χ2v) is 3.22. The summed E-state index contributed by atoms with van der Waals surface area (Å²) in [5, 5.41) is 7.71. The average Bonchev–Trinajstić information content (AvgIpc) is 2.14. The van der Waals surface area contributed by atoms with Crippen molar-refractivity contribution in [2.24, 2.45) is 0 Å². The molecule has 0 bridgehead atoms. The van der Waals surface area contributed by atoms with Gasteiger partial charge in [-0.3, -0.25) is 0 Å². The number of hydrogen-bond donors (Lipinski definition) is 0. The largest absolute Gasteiger partial charge is 0.249 e. The van der Waals surface area contributed by atoms with Gasteiger partial charge in [0, 0.05) is 6.04 Å². The minimum atomic E-state index is 0.418. The molecule has 0 atom stereocenters. The van der Waals surface area contributed by atoms with E-state index in [1.165, 1.54) is 0 Å². The van der Waals surface area contributed by atoms with Gasteiger partial charge < -0.3 is 0 Å². The molecule has 3 nitrogen and oxygen atoms in total. The van der Waals surface area contributed by atoms with Gasteiger partial charge in [-0.2, -0.15) is 0 Å². The summed E-state index contributed by atoms with van der Waals surface area (Å²) in [5.74, 6) is 0. The maximum Gasteiger partial charge on any atom is 0.143 e. The van der Waals surface area contributed by atoms with Crippen molar-refractivity contribution in [3.63, 3.8) is 0 Å². The molecule has 0 fully saturated rings. The summed E-state index contributed by atoms with van der Waals surface area (Å²) in [5.41, 5.74) is 0. The van der Waals surface area contributed by atoms with Gasteiger partial charge in [0.25, 0.3) is 0 Å². The Morgan fingerprint density at radius 2 is 2.33 bits per heavy atom. The standard InChI is InChI=1S/C5H8IN3/c1-4(2)9-3-5(6)7-8-9/h3-4H,1-2H3. The molecule has 9 heavy (non-hydrogen) atoms. The highest BCUT2D eigenvalue weighted by Gasteiger charge is 1.98. The van der Waals surface area contributed by atoms with E-state index in [9.17, 15) is 0 Å². The van der Waals surface area contributed by atoms with Crippen molar-refractivity contribution in [2.75, 3.05) is 0 Å². The van der Waals surface area contributed by atoms with Gasteiger partial charge in [0.1, 0.15) is 3.70 Å². The van der Waals surface area contributed by atoms with Gasteiger partial charge in [0.15, 0.2) is 0 Å². The van der Waals surface area contributed by atoms with E-state index in [0.717, 1.165) is 3.70 Å². The third-order valence-corrected chi connectivity index (χ3v) is 1.51. The Morgan fingerprint density at radius 3 is 2.56 bits per heavy atom.